The minimum absolute atomic E-state index is 0.0771. The number of ether oxygens (including phenoxy) is 3. The molecule has 392 valence electrons. The number of aryl methyl sites for hydroxylation is 5. The first-order valence-corrected chi connectivity index (χ1v) is 28.2. The molecule has 8 aliphatic rings. The van der Waals surface area contributed by atoms with Gasteiger partial charge in [0.1, 0.15) is 34.6 Å². The van der Waals surface area contributed by atoms with E-state index in [4.69, 9.17) is 14.2 Å². The molecule has 0 saturated heterocycles. The Morgan fingerprint density at radius 3 is 1.27 bits per heavy atom. The van der Waals surface area contributed by atoms with Crippen LogP contribution in [0.3, 0.4) is 0 Å². The number of hydrogen-bond donors (Lipinski definition) is 1. The molecule has 0 aliphatic heterocycles. The minimum Gasteiger partial charge on any atom is -0.497 e. The maximum absolute atomic E-state index is 11.7. The Bertz CT molecular complexity index is 2610. The van der Waals surface area contributed by atoms with E-state index in [0.29, 0.717) is 47.6 Å². The van der Waals surface area contributed by atoms with Gasteiger partial charge < -0.3 is 19.3 Å². The molecule has 4 saturated carbocycles. The summed E-state index contributed by atoms with van der Waals surface area (Å²) in [5.74, 6) is 6.42. The Balaban J connectivity index is 0.000000120. The molecule has 1 unspecified atom stereocenters. The first-order valence-electron chi connectivity index (χ1n) is 28.2. The Hall–Kier alpha value is -4.75. The first-order chi connectivity index (χ1) is 34.9. The normalized spacial score (nSPS) is 32.4. The Morgan fingerprint density at radius 2 is 0.849 bits per heavy atom. The van der Waals surface area contributed by atoms with Gasteiger partial charge in [-0.2, -0.15) is 0 Å². The first kappa shape index (κ1) is 53.1. The summed E-state index contributed by atoms with van der Waals surface area (Å²) in [5.41, 5.74) is 14.0. The van der Waals surface area contributed by atoms with Crippen molar-refractivity contribution in [3.63, 3.8) is 0 Å². The highest BCUT2D eigenvalue weighted by molar-refractivity contribution is 5.81. The third kappa shape index (κ3) is 10.1. The van der Waals surface area contributed by atoms with Gasteiger partial charge in [0.15, 0.2) is 0 Å². The third-order valence-electron chi connectivity index (χ3n) is 21.0. The molecule has 73 heavy (non-hydrogen) atoms. The van der Waals surface area contributed by atoms with Crippen molar-refractivity contribution in [3.8, 4) is 17.2 Å². The predicted octanol–water partition coefficient (Wildman–Crippen LogP) is 13.8. The number of benzene rings is 4. The fourth-order valence-corrected chi connectivity index (χ4v) is 16.2. The van der Waals surface area contributed by atoms with Crippen LogP contribution in [0.1, 0.15) is 187 Å². The molecule has 0 radical (unpaired) electrons. The highest BCUT2D eigenvalue weighted by Gasteiger charge is 2.52. The van der Waals surface area contributed by atoms with Crippen molar-refractivity contribution in [2.24, 2.45) is 29.1 Å². The van der Waals surface area contributed by atoms with E-state index in [1.807, 2.05) is 0 Å². The van der Waals surface area contributed by atoms with Gasteiger partial charge in [0.25, 0.3) is 0 Å². The van der Waals surface area contributed by atoms with E-state index in [2.05, 4.69) is 114 Å². The van der Waals surface area contributed by atoms with Gasteiger partial charge in [-0.25, -0.2) is 0 Å². The largest absolute Gasteiger partial charge is 0.497 e. The van der Waals surface area contributed by atoms with Crippen LogP contribution in [0.15, 0.2) is 72.8 Å². The molecule has 0 spiro atoms. The van der Waals surface area contributed by atoms with Gasteiger partial charge in [-0.3, -0.25) is 14.4 Å². The molecule has 12 rings (SSSR count). The lowest BCUT2D eigenvalue weighted by molar-refractivity contribution is -0.124. The maximum atomic E-state index is 11.7. The molecular formula is C66H86O7. The molecule has 8 aliphatic carbocycles. The monoisotopic (exact) mass is 991 g/mol. The van der Waals surface area contributed by atoms with Crippen molar-refractivity contribution in [2.75, 3.05) is 27.9 Å². The molecule has 7 nitrogen and oxygen atoms in total. The number of aliphatic hydroxyl groups is 1. The molecule has 0 heterocycles. The van der Waals surface area contributed by atoms with Crippen LogP contribution in [-0.2, 0) is 61.7 Å². The number of ketones is 3. The SMILES string of the molecule is COc1ccc2c(c1)[C@]1(C)CCC(=O)C[C@@H]1CC2.COc1ccc2c(c1)[C@]1(C)CCC(=O)C[C@H]1CC2.COc1ccc2c(c1)[C@]1(C)CCC[C@@](C)(CO)C1CC2.Cc1ccc2c(c1)CC[C@@H]1CC(=O)CC[C@@]21C. The van der Waals surface area contributed by atoms with E-state index in [1.54, 1.807) is 21.3 Å². The van der Waals surface area contributed by atoms with Crippen molar-refractivity contribution in [1.82, 2.24) is 0 Å². The van der Waals surface area contributed by atoms with Crippen LogP contribution >= 0.6 is 0 Å². The van der Waals surface area contributed by atoms with Gasteiger partial charge >= 0.3 is 0 Å². The van der Waals surface area contributed by atoms with Crippen LogP contribution in [0, 0.1) is 36.0 Å². The number of fused-ring (bicyclic) bond motifs is 12. The van der Waals surface area contributed by atoms with Crippen molar-refractivity contribution in [3.05, 3.63) is 123 Å². The van der Waals surface area contributed by atoms with E-state index in [-0.39, 0.29) is 27.1 Å². The number of methoxy groups -OCH3 is 3. The van der Waals surface area contributed by atoms with Crippen molar-refractivity contribution in [1.29, 1.82) is 0 Å². The van der Waals surface area contributed by atoms with Crippen LogP contribution < -0.4 is 14.2 Å². The second-order valence-corrected chi connectivity index (χ2v) is 25.1. The lowest BCUT2D eigenvalue weighted by Gasteiger charge is -2.55. The summed E-state index contributed by atoms with van der Waals surface area (Å²) in [5, 5.41) is 9.93. The van der Waals surface area contributed by atoms with E-state index in [0.717, 1.165) is 120 Å². The summed E-state index contributed by atoms with van der Waals surface area (Å²) < 4.78 is 16.2. The summed E-state index contributed by atoms with van der Waals surface area (Å²) in [6.45, 7) is 14.2. The van der Waals surface area contributed by atoms with Crippen LogP contribution in [0.2, 0.25) is 0 Å². The van der Waals surface area contributed by atoms with Crippen LogP contribution in [0.5, 0.6) is 17.2 Å². The predicted molar refractivity (Wildman–Crippen MR) is 292 cm³/mol. The van der Waals surface area contributed by atoms with Crippen molar-refractivity contribution in [2.45, 2.75) is 192 Å². The van der Waals surface area contributed by atoms with Crippen LogP contribution in [0.25, 0.3) is 0 Å². The second kappa shape index (κ2) is 21.1. The highest BCUT2D eigenvalue weighted by atomic mass is 16.5. The number of Topliss-reactive ketones (excluding diaryl/α,β-unsaturated/α-hetero) is 3. The zero-order valence-corrected chi connectivity index (χ0v) is 46.0. The zero-order valence-electron chi connectivity index (χ0n) is 46.0. The highest BCUT2D eigenvalue weighted by Crippen LogP contribution is 2.58. The van der Waals surface area contributed by atoms with Crippen LogP contribution in [-0.4, -0.2) is 50.4 Å². The Kier molecular flexibility index (Phi) is 15.4. The number of hydrogen-bond acceptors (Lipinski definition) is 7. The number of carbonyl (C=O) groups is 3. The van der Waals surface area contributed by atoms with Crippen molar-refractivity contribution < 1.29 is 33.7 Å². The van der Waals surface area contributed by atoms with Gasteiger partial charge in [-0.1, -0.05) is 83.0 Å². The fourth-order valence-electron chi connectivity index (χ4n) is 16.2. The summed E-state index contributed by atoms with van der Waals surface area (Å²) >= 11 is 0. The Labute approximate surface area is 438 Å². The summed E-state index contributed by atoms with van der Waals surface area (Å²) in [7, 11) is 5.17. The number of aliphatic hydroxyl groups excluding tert-OH is 1. The molecule has 4 aromatic rings. The number of carbonyl (C=O) groups excluding carboxylic acids is 3. The third-order valence-corrected chi connectivity index (χ3v) is 21.0. The topological polar surface area (TPSA) is 99.1 Å². The van der Waals surface area contributed by atoms with Crippen LogP contribution in [0.4, 0.5) is 0 Å². The van der Waals surface area contributed by atoms with Crippen molar-refractivity contribution >= 4 is 17.3 Å². The maximum Gasteiger partial charge on any atom is 0.133 e. The van der Waals surface area contributed by atoms with Gasteiger partial charge in [0.05, 0.1) is 21.3 Å². The summed E-state index contributed by atoms with van der Waals surface area (Å²) in [6.07, 6.45) is 20.4. The van der Waals surface area contributed by atoms with E-state index in [9.17, 15) is 19.5 Å². The quantitative estimate of drug-likeness (QED) is 0.217. The second-order valence-electron chi connectivity index (χ2n) is 25.1. The molecule has 4 aromatic carbocycles. The van der Waals surface area contributed by atoms with Gasteiger partial charge in [-0.05, 0) is 222 Å². The Morgan fingerprint density at radius 1 is 0.452 bits per heavy atom. The molecule has 1 N–H and O–H groups in total. The average Bonchev–Trinajstić information content (AvgIpc) is 3.39. The lowest BCUT2D eigenvalue weighted by Crippen LogP contribution is -2.50. The molecule has 7 heteroatoms. The summed E-state index contributed by atoms with van der Waals surface area (Å²) in [6, 6.07) is 26.3. The van der Waals surface area contributed by atoms with Gasteiger partial charge in [0, 0.05) is 45.1 Å². The lowest BCUT2D eigenvalue weighted by atomic mass is 9.50. The van der Waals surface area contributed by atoms with E-state index in [1.165, 1.54) is 75.8 Å². The van der Waals surface area contributed by atoms with Gasteiger partial charge in [-0.15, -0.1) is 0 Å². The standard InChI is InChI=1S/C18H26O2.2C16H20O2.C16H20O/c1-17(12-19)9-4-10-18(2)15-11-14(20-3)7-5-13(15)6-8-16(17)18;2*1-16-8-7-13(17)9-12(16)5-3-11-4-6-14(18-2)10-15(11)16;1-11-3-6-15-12(9-11)4-5-13-10-14(17)7-8-16(13,15)2/h5,7,11,16,19H,4,6,8-10,12H2,1-3H3;2*4,6,10,12H,3,5,7-9H2,1-2H3;3,6,9,13H,4-5,7-8,10H2,1-2H3/t16?,17-,18-;12-,16+;12-,16-;13-,16-/m0011/s1. The van der Waals surface area contributed by atoms with E-state index >= 15 is 0 Å². The molecular weight excluding hydrogens is 905 g/mol. The number of rotatable bonds is 4. The molecule has 0 aromatic heterocycles. The summed E-state index contributed by atoms with van der Waals surface area (Å²) in [4.78, 5) is 35.0. The molecule has 9 atom stereocenters. The zero-order chi connectivity index (χ0) is 51.9. The molecule has 0 amide bonds. The fraction of sp³-hybridized carbons (Fsp3) is 0.591. The molecule has 4 fully saturated rings. The molecule has 0 bridgehead atoms. The van der Waals surface area contributed by atoms with Gasteiger partial charge in [0.2, 0.25) is 0 Å². The smallest absolute Gasteiger partial charge is 0.133 e. The van der Waals surface area contributed by atoms with E-state index < -0.39 is 0 Å². The average molecular weight is 991 g/mol. The minimum atomic E-state index is 0.0771.